The molecule has 6 heteroatoms. The van der Waals surface area contributed by atoms with Gasteiger partial charge in [-0.1, -0.05) is 41.4 Å². The molecule has 0 spiro atoms. The average molecular weight is 333 g/mol. The quantitative estimate of drug-likeness (QED) is 0.495. The van der Waals surface area contributed by atoms with Crippen LogP contribution in [0.15, 0.2) is 42.5 Å². The number of rotatable bonds is 6. The summed E-state index contributed by atoms with van der Waals surface area (Å²) in [6.07, 6.45) is 1.63. The lowest BCUT2D eigenvalue weighted by molar-refractivity contribution is -0.384. The molecule has 2 rings (SSSR count). The minimum Gasteiger partial charge on any atom is -0.352 e. The Labute approximate surface area is 139 Å². The highest BCUT2D eigenvalue weighted by molar-refractivity contribution is 6.33. The summed E-state index contributed by atoms with van der Waals surface area (Å²) < 4.78 is 0. The second-order valence-electron chi connectivity index (χ2n) is 5.27. The van der Waals surface area contributed by atoms with Gasteiger partial charge < -0.3 is 5.32 Å². The zero-order valence-electron chi connectivity index (χ0n) is 12.7. The summed E-state index contributed by atoms with van der Waals surface area (Å²) in [6.45, 7) is 2.52. The minimum absolute atomic E-state index is 0.122. The third-order valence-corrected chi connectivity index (χ3v) is 3.75. The number of non-ortho nitro benzene ring substituents is 1. The summed E-state index contributed by atoms with van der Waals surface area (Å²) in [5.41, 5.74) is 2.39. The van der Waals surface area contributed by atoms with Gasteiger partial charge in [-0.2, -0.15) is 0 Å². The highest BCUT2D eigenvalue weighted by Gasteiger charge is 2.15. The van der Waals surface area contributed by atoms with Gasteiger partial charge in [0.1, 0.15) is 0 Å². The number of hydrogen-bond donors (Lipinski definition) is 1. The Morgan fingerprint density at radius 3 is 2.74 bits per heavy atom. The number of halogens is 1. The molecule has 0 aliphatic rings. The Kier molecular flexibility index (Phi) is 5.71. The molecular formula is C17H17ClN2O3. The van der Waals surface area contributed by atoms with Crippen molar-refractivity contribution in [1.29, 1.82) is 0 Å². The second kappa shape index (κ2) is 7.74. The molecule has 2 aromatic carbocycles. The summed E-state index contributed by atoms with van der Waals surface area (Å²) in [6, 6.07) is 12.0. The van der Waals surface area contributed by atoms with Crippen LogP contribution in [0.1, 0.15) is 27.9 Å². The Bertz CT molecular complexity index is 732. The number of carbonyl (C=O) groups excluding carboxylic acids is 1. The highest BCUT2D eigenvalue weighted by Crippen LogP contribution is 2.21. The van der Waals surface area contributed by atoms with Crippen molar-refractivity contribution in [3.05, 3.63) is 74.3 Å². The molecule has 23 heavy (non-hydrogen) atoms. The fraction of sp³-hybridized carbons (Fsp3) is 0.235. The maximum atomic E-state index is 12.1. The number of hydrogen-bond acceptors (Lipinski definition) is 3. The fourth-order valence-electron chi connectivity index (χ4n) is 2.26. The topological polar surface area (TPSA) is 72.2 Å². The van der Waals surface area contributed by atoms with Crippen molar-refractivity contribution in [2.24, 2.45) is 0 Å². The molecule has 0 aliphatic heterocycles. The van der Waals surface area contributed by atoms with E-state index in [4.69, 9.17) is 11.6 Å². The van der Waals surface area contributed by atoms with Crippen LogP contribution in [0.2, 0.25) is 5.02 Å². The van der Waals surface area contributed by atoms with E-state index in [1.807, 2.05) is 25.1 Å². The largest absolute Gasteiger partial charge is 0.352 e. The van der Waals surface area contributed by atoms with Gasteiger partial charge in [0.2, 0.25) is 0 Å². The van der Waals surface area contributed by atoms with Gasteiger partial charge in [-0.05, 0) is 31.4 Å². The molecule has 0 saturated heterocycles. The van der Waals surface area contributed by atoms with Crippen LogP contribution in [0, 0.1) is 17.0 Å². The Hall–Kier alpha value is -2.40. The number of aryl methyl sites for hydroxylation is 2. The van der Waals surface area contributed by atoms with Gasteiger partial charge in [0.05, 0.1) is 15.5 Å². The normalized spacial score (nSPS) is 10.3. The van der Waals surface area contributed by atoms with Gasteiger partial charge in [-0.15, -0.1) is 0 Å². The predicted octanol–water partition coefficient (Wildman–Crippen LogP) is 3.92. The van der Waals surface area contributed by atoms with E-state index < -0.39 is 10.8 Å². The van der Waals surface area contributed by atoms with E-state index in [1.54, 1.807) is 0 Å². The van der Waals surface area contributed by atoms with Crippen molar-refractivity contribution in [3.63, 3.8) is 0 Å². The summed E-state index contributed by atoms with van der Waals surface area (Å²) in [4.78, 5) is 22.3. The smallest absolute Gasteiger partial charge is 0.270 e. The molecule has 5 nitrogen and oxygen atoms in total. The number of amides is 1. The molecule has 0 aliphatic carbocycles. The molecule has 0 aromatic heterocycles. The van der Waals surface area contributed by atoms with Crippen molar-refractivity contribution in [2.75, 3.05) is 6.54 Å². The minimum atomic E-state index is -0.551. The van der Waals surface area contributed by atoms with Crippen LogP contribution in [0.3, 0.4) is 0 Å². The van der Waals surface area contributed by atoms with Crippen molar-refractivity contribution < 1.29 is 9.72 Å². The van der Waals surface area contributed by atoms with E-state index >= 15 is 0 Å². The van der Waals surface area contributed by atoms with Crippen LogP contribution in [0.25, 0.3) is 0 Å². The van der Waals surface area contributed by atoms with Crippen LogP contribution < -0.4 is 5.32 Å². The van der Waals surface area contributed by atoms with Crippen molar-refractivity contribution in [3.8, 4) is 0 Å². The number of benzene rings is 2. The maximum Gasteiger partial charge on any atom is 0.270 e. The van der Waals surface area contributed by atoms with Gasteiger partial charge in [0.15, 0.2) is 0 Å². The lowest BCUT2D eigenvalue weighted by Gasteiger charge is -2.07. The van der Waals surface area contributed by atoms with Crippen molar-refractivity contribution in [2.45, 2.75) is 19.8 Å². The van der Waals surface area contributed by atoms with Crippen LogP contribution >= 0.6 is 11.6 Å². The zero-order chi connectivity index (χ0) is 16.8. The molecule has 0 unspecified atom stereocenters. The first kappa shape index (κ1) is 17.0. The molecule has 0 fully saturated rings. The zero-order valence-corrected chi connectivity index (χ0v) is 13.5. The van der Waals surface area contributed by atoms with Gasteiger partial charge in [-0.3, -0.25) is 14.9 Å². The molecular weight excluding hydrogens is 316 g/mol. The van der Waals surface area contributed by atoms with Crippen LogP contribution in [0.4, 0.5) is 5.69 Å². The molecule has 1 N–H and O–H groups in total. The van der Waals surface area contributed by atoms with Gasteiger partial charge >= 0.3 is 0 Å². The number of nitro groups is 1. The molecule has 0 atom stereocenters. The number of nitrogens with zero attached hydrogens (tertiary/aromatic N) is 1. The Balaban J connectivity index is 1.90. The molecule has 0 radical (unpaired) electrons. The van der Waals surface area contributed by atoms with Crippen LogP contribution in [-0.4, -0.2) is 17.4 Å². The van der Waals surface area contributed by atoms with Gasteiger partial charge in [0.25, 0.3) is 11.6 Å². The summed E-state index contributed by atoms with van der Waals surface area (Å²) >= 11 is 5.94. The van der Waals surface area contributed by atoms with Crippen molar-refractivity contribution in [1.82, 2.24) is 5.32 Å². The highest BCUT2D eigenvalue weighted by atomic mass is 35.5. The van der Waals surface area contributed by atoms with Gasteiger partial charge in [-0.25, -0.2) is 0 Å². The van der Waals surface area contributed by atoms with E-state index in [1.165, 1.54) is 29.3 Å². The third-order valence-electron chi connectivity index (χ3n) is 3.42. The van der Waals surface area contributed by atoms with Gasteiger partial charge in [0, 0.05) is 18.7 Å². The monoisotopic (exact) mass is 332 g/mol. The first-order valence-electron chi connectivity index (χ1n) is 7.25. The lowest BCUT2D eigenvalue weighted by Crippen LogP contribution is -2.25. The first-order chi connectivity index (χ1) is 11.0. The summed E-state index contributed by atoms with van der Waals surface area (Å²) in [5.74, 6) is -0.400. The predicted molar refractivity (Wildman–Crippen MR) is 89.9 cm³/mol. The van der Waals surface area contributed by atoms with E-state index in [9.17, 15) is 14.9 Å². The molecule has 0 heterocycles. The Morgan fingerprint density at radius 2 is 2.04 bits per heavy atom. The lowest BCUT2D eigenvalue weighted by atomic mass is 10.1. The molecule has 2 aromatic rings. The second-order valence-corrected chi connectivity index (χ2v) is 5.68. The van der Waals surface area contributed by atoms with E-state index in [0.29, 0.717) is 6.54 Å². The average Bonchev–Trinajstić information content (AvgIpc) is 2.51. The summed E-state index contributed by atoms with van der Waals surface area (Å²) in [5, 5.41) is 13.7. The molecule has 0 saturated carbocycles. The third kappa shape index (κ3) is 4.79. The standard InChI is InChI=1S/C17H17ClN2O3/c1-12-4-2-5-13(10-12)6-3-9-19-17(21)15-11-14(20(22)23)7-8-16(15)18/h2,4-5,7-8,10-11H,3,6,9H2,1H3,(H,19,21). The number of nitro benzene ring substituents is 1. The van der Waals surface area contributed by atoms with E-state index in [-0.39, 0.29) is 16.3 Å². The van der Waals surface area contributed by atoms with Crippen LogP contribution in [-0.2, 0) is 6.42 Å². The van der Waals surface area contributed by atoms with E-state index in [0.717, 1.165) is 12.8 Å². The maximum absolute atomic E-state index is 12.1. The first-order valence-corrected chi connectivity index (χ1v) is 7.63. The SMILES string of the molecule is Cc1cccc(CCCNC(=O)c2cc([N+](=O)[O-])ccc2Cl)c1. The number of nitrogens with one attached hydrogen (secondary N) is 1. The molecule has 120 valence electrons. The van der Waals surface area contributed by atoms with E-state index in [2.05, 4.69) is 11.4 Å². The Morgan fingerprint density at radius 1 is 1.26 bits per heavy atom. The summed E-state index contributed by atoms with van der Waals surface area (Å²) in [7, 11) is 0. The van der Waals surface area contributed by atoms with Crippen LogP contribution in [0.5, 0.6) is 0 Å². The molecule has 0 bridgehead atoms. The molecule has 1 amide bonds. The van der Waals surface area contributed by atoms with Crippen molar-refractivity contribution >= 4 is 23.2 Å². The number of carbonyl (C=O) groups is 1. The fourth-order valence-corrected chi connectivity index (χ4v) is 2.46.